The molecular weight excluding hydrogens is 316 g/mol. The summed E-state index contributed by atoms with van der Waals surface area (Å²) in [6, 6.07) is 7.07. The molecule has 2 heterocycles. The summed E-state index contributed by atoms with van der Waals surface area (Å²) in [5, 5.41) is 0. The number of rotatable bonds is 4. The van der Waals surface area contributed by atoms with Gasteiger partial charge in [-0.05, 0) is 24.6 Å². The molecule has 3 rings (SSSR count). The maximum atomic E-state index is 12.8. The lowest BCUT2D eigenvalue weighted by Crippen LogP contribution is -2.51. The summed E-state index contributed by atoms with van der Waals surface area (Å²) in [5.41, 5.74) is 0.948. The molecule has 1 atom stereocenters. The summed E-state index contributed by atoms with van der Waals surface area (Å²) in [7, 11) is -3.45. The molecule has 2 saturated heterocycles. The van der Waals surface area contributed by atoms with Crippen molar-refractivity contribution in [3.63, 3.8) is 0 Å². The van der Waals surface area contributed by atoms with E-state index in [2.05, 4.69) is 4.90 Å². The van der Waals surface area contributed by atoms with Gasteiger partial charge < -0.3 is 9.47 Å². The van der Waals surface area contributed by atoms with E-state index in [1.807, 2.05) is 13.0 Å². The van der Waals surface area contributed by atoms with Crippen molar-refractivity contribution in [2.45, 2.75) is 17.9 Å². The Hall–Kier alpha value is -0.990. The minimum absolute atomic E-state index is 0.0820. The second kappa shape index (κ2) is 7.27. The van der Waals surface area contributed by atoms with Crippen LogP contribution in [-0.4, -0.2) is 76.3 Å². The van der Waals surface area contributed by atoms with Gasteiger partial charge in [0.15, 0.2) is 0 Å². The van der Waals surface area contributed by atoms with Gasteiger partial charge in [0.25, 0.3) is 0 Å². The fraction of sp³-hybridized carbons (Fsp3) is 0.625. The average Bonchev–Trinajstić information content (AvgIpc) is 2.56. The Labute approximate surface area is 138 Å². The molecule has 2 aliphatic heterocycles. The van der Waals surface area contributed by atoms with Gasteiger partial charge in [0.2, 0.25) is 10.0 Å². The Morgan fingerprint density at radius 3 is 2.70 bits per heavy atom. The van der Waals surface area contributed by atoms with E-state index in [1.54, 1.807) is 22.5 Å². The number of benzene rings is 1. The largest absolute Gasteiger partial charge is 0.379 e. The van der Waals surface area contributed by atoms with Crippen molar-refractivity contribution in [3.05, 3.63) is 29.8 Å². The zero-order chi connectivity index (χ0) is 16.3. The number of sulfonamides is 1. The fourth-order valence-electron chi connectivity index (χ4n) is 3.02. The van der Waals surface area contributed by atoms with Gasteiger partial charge in [0.05, 0.1) is 30.8 Å². The van der Waals surface area contributed by atoms with Gasteiger partial charge in [-0.3, -0.25) is 4.90 Å². The van der Waals surface area contributed by atoms with Crippen LogP contribution in [0.1, 0.15) is 5.56 Å². The molecule has 0 saturated carbocycles. The van der Waals surface area contributed by atoms with Crippen LogP contribution >= 0.6 is 0 Å². The first-order valence-electron chi connectivity index (χ1n) is 8.04. The Kier molecular flexibility index (Phi) is 5.33. The maximum Gasteiger partial charge on any atom is 0.243 e. The monoisotopic (exact) mass is 340 g/mol. The van der Waals surface area contributed by atoms with Crippen molar-refractivity contribution in [2.24, 2.45) is 0 Å². The lowest BCUT2D eigenvalue weighted by atomic mass is 10.2. The van der Waals surface area contributed by atoms with E-state index >= 15 is 0 Å². The number of hydrogen-bond donors (Lipinski definition) is 0. The zero-order valence-electron chi connectivity index (χ0n) is 13.5. The van der Waals surface area contributed by atoms with Gasteiger partial charge in [-0.2, -0.15) is 4.31 Å². The predicted molar refractivity (Wildman–Crippen MR) is 86.9 cm³/mol. The average molecular weight is 340 g/mol. The first-order chi connectivity index (χ1) is 11.1. The molecule has 6 nitrogen and oxygen atoms in total. The molecule has 0 amide bonds. The van der Waals surface area contributed by atoms with Gasteiger partial charge in [-0.1, -0.05) is 12.1 Å². The van der Waals surface area contributed by atoms with Crippen LogP contribution in [0.2, 0.25) is 0 Å². The van der Waals surface area contributed by atoms with E-state index in [0.717, 1.165) is 38.4 Å². The van der Waals surface area contributed by atoms with E-state index < -0.39 is 10.0 Å². The lowest BCUT2D eigenvalue weighted by Gasteiger charge is -2.36. The second-order valence-electron chi connectivity index (χ2n) is 6.09. The van der Waals surface area contributed by atoms with E-state index in [9.17, 15) is 8.42 Å². The molecule has 0 spiro atoms. The quantitative estimate of drug-likeness (QED) is 0.808. The van der Waals surface area contributed by atoms with Crippen LogP contribution in [-0.2, 0) is 19.5 Å². The third-order valence-electron chi connectivity index (χ3n) is 4.29. The highest BCUT2D eigenvalue weighted by Gasteiger charge is 2.31. The van der Waals surface area contributed by atoms with Crippen LogP contribution in [0.3, 0.4) is 0 Å². The molecule has 0 bridgehead atoms. The van der Waals surface area contributed by atoms with Crippen LogP contribution in [0.4, 0.5) is 0 Å². The van der Waals surface area contributed by atoms with Gasteiger partial charge in [-0.25, -0.2) is 8.42 Å². The molecular formula is C16H24N2O4S. The number of morpholine rings is 2. The van der Waals surface area contributed by atoms with Crippen molar-refractivity contribution in [2.75, 3.05) is 52.5 Å². The molecule has 2 aliphatic rings. The number of ether oxygens (including phenoxy) is 2. The molecule has 1 unspecified atom stereocenters. The highest BCUT2D eigenvalue weighted by Crippen LogP contribution is 2.20. The molecule has 0 aliphatic carbocycles. The smallest absolute Gasteiger partial charge is 0.243 e. The molecule has 0 N–H and O–H groups in total. The van der Waals surface area contributed by atoms with Crippen LogP contribution in [0.5, 0.6) is 0 Å². The Morgan fingerprint density at radius 2 is 1.96 bits per heavy atom. The van der Waals surface area contributed by atoms with Crippen molar-refractivity contribution < 1.29 is 17.9 Å². The first kappa shape index (κ1) is 16.9. The summed E-state index contributed by atoms with van der Waals surface area (Å²) < 4.78 is 38.3. The summed E-state index contributed by atoms with van der Waals surface area (Å²) in [6.45, 7) is 7.15. The zero-order valence-corrected chi connectivity index (χ0v) is 14.3. The fourth-order valence-corrected chi connectivity index (χ4v) is 4.58. The molecule has 128 valence electrons. The predicted octanol–water partition coefficient (Wildman–Crippen LogP) is 0.717. The highest BCUT2D eigenvalue weighted by molar-refractivity contribution is 7.89. The molecule has 0 aromatic heterocycles. The molecule has 23 heavy (non-hydrogen) atoms. The normalized spacial score (nSPS) is 24.7. The number of nitrogens with zero attached hydrogens (tertiary/aromatic N) is 2. The van der Waals surface area contributed by atoms with Gasteiger partial charge in [0, 0.05) is 32.7 Å². The highest BCUT2D eigenvalue weighted by atomic mass is 32.2. The molecule has 2 fully saturated rings. The van der Waals surface area contributed by atoms with Gasteiger partial charge >= 0.3 is 0 Å². The van der Waals surface area contributed by atoms with E-state index in [-0.39, 0.29) is 6.10 Å². The Morgan fingerprint density at radius 1 is 1.17 bits per heavy atom. The molecule has 1 aromatic carbocycles. The van der Waals surface area contributed by atoms with Crippen molar-refractivity contribution in [1.82, 2.24) is 9.21 Å². The van der Waals surface area contributed by atoms with Crippen LogP contribution in [0, 0.1) is 6.92 Å². The van der Waals surface area contributed by atoms with E-state index in [4.69, 9.17) is 9.47 Å². The SMILES string of the molecule is Cc1cccc(S(=O)(=O)N2CCOC(CN3CCOCC3)C2)c1. The van der Waals surface area contributed by atoms with Gasteiger partial charge in [-0.15, -0.1) is 0 Å². The van der Waals surface area contributed by atoms with Crippen molar-refractivity contribution >= 4 is 10.0 Å². The number of aryl methyl sites for hydroxylation is 1. The van der Waals surface area contributed by atoms with Crippen LogP contribution in [0.15, 0.2) is 29.2 Å². The lowest BCUT2D eigenvalue weighted by molar-refractivity contribution is -0.0396. The van der Waals surface area contributed by atoms with Crippen molar-refractivity contribution in [3.8, 4) is 0 Å². The third-order valence-corrected chi connectivity index (χ3v) is 6.16. The van der Waals surface area contributed by atoms with Crippen LogP contribution < -0.4 is 0 Å². The number of hydrogen-bond acceptors (Lipinski definition) is 5. The Balaban J connectivity index is 1.67. The van der Waals surface area contributed by atoms with Crippen LogP contribution in [0.25, 0.3) is 0 Å². The topological polar surface area (TPSA) is 59.1 Å². The third kappa shape index (κ3) is 4.10. The second-order valence-corrected chi connectivity index (χ2v) is 8.02. The van der Waals surface area contributed by atoms with E-state index in [1.165, 1.54) is 0 Å². The minimum atomic E-state index is -3.45. The summed E-state index contributed by atoms with van der Waals surface area (Å²) >= 11 is 0. The molecule has 0 radical (unpaired) electrons. The maximum absolute atomic E-state index is 12.8. The Bertz CT molecular complexity index is 629. The first-order valence-corrected chi connectivity index (χ1v) is 9.48. The summed E-state index contributed by atoms with van der Waals surface area (Å²) in [5.74, 6) is 0. The molecule has 1 aromatic rings. The standard InChI is InChI=1S/C16H24N2O4S/c1-14-3-2-4-16(11-14)23(19,20)18-7-10-22-15(13-18)12-17-5-8-21-9-6-17/h2-4,11,15H,5-10,12-13H2,1H3. The van der Waals surface area contributed by atoms with Gasteiger partial charge in [0.1, 0.15) is 0 Å². The van der Waals surface area contributed by atoms with Crippen molar-refractivity contribution in [1.29, 1.82) is 0 Å². The summed E-state index contributed by atoms with van der Waals surface area (Å²) in [4.78, 5) is 2.64. The van der Waals surface area contributed by atoms with E-state index in [0.29, 0.717) is 24.6 Å². The molecule has 7 heteroatoms. The summed E-state index contributed by atoms with van der Waals surface area (Å²) in [6.07, 6.45) is -0.0820. The minimum Gasteiger partial charge on any atom is -0.379 e.